The van der Waals surface area contributed by atoms with Crippen molar-refractivity contribution >= 4 is 27.6 Å². The molecule has 4 nitrogen and oxygen atoms in total. The molecule has 0 bridgehead atoms. The lowest BCUT2D eigenvalue weighted by Crippen LogP contribution is -1.77. The smallest absolute Gasteiger partial charge is 0.199 e. The van der Waals surface area contributed by atoms with Gasteiger partial charge in [0, 0.05) is 23.2 Å². The van der Waals surface area contributed by atoms with Gasteiger partial charge in [-0.2, -0.15) is 4.37 Å². The van der Waals surface area contributed by atoms with Crippen LogP contribution >= 0.6 is 11.5 Å². The number of hydrogen-bond acceptors (Lipinski definition) is 4. The van der Waals surface area contributed by atoms with E-state index in [1.807, 2.05) is 18.3 Å². The Balaban J connectivity index is 0.000000124. The lowest BCUT2D eigenvalue weighted by atomic mass is 10.3. The molecule has 1 aromatic carbocycles. The highest BCUT2D eigenvalue weighted by molar-refractivity contribution is 7.09. The standard InChI is InChI=1S/C8H7N.C2H3N3S/c1-2-4-8-7(3-1)5-6-9-8;3-2-4-1-5-6-2/h1-6,9H;1H,(H2,3,4,5). The number of aromatic amines is 1. The summed E-state index contributed by atoms with van der Waals surface area (Å²) in [5.41, 5.74) is 6.33. The first-order chi connectivity index (χ1) is 7.36. The van der Waals surface area contributed by atoms with Crippen molar-refractivity contribution in [2.75, 3.05) is 5.73 Å². The van der Waals surface area contributed by atoms with E-state index in [0.717, 1.165) is 0 Å². The fourth-order valence-electron chi connectivity index (χ4n) is 1.18. The third kappa shape index (κ3) is 2.54. The van der Waals surface area contributed by atoms with Gasteiger partial charge in [-0.25, -0.2) is 4.98 Å². The summed E-state index contributed by atoms with van der Waals surface area (Å²) in [6, 6.07) is 10.3. The number of nitrogens with one attached hydrogen (secondary N) is 1. The van der Waals surface area contributed by atoms with Gasteiger partial charge in [-0.15, -0.1) is 0 Å². The minimum atomic E-state index is 0.523. The average molecular weight is 218 g/mol. The number of para-hydroxylation sites is 1. The molecule has 3 aromatic rings. The number of nitrogens with zero attached hydrogens (tertiary/aromatic N) is 2. The minimum absolute atomic E-state index is 0.523. The maximum absolute atomic E-state index is 5.12. The lowest BCUT2D eigenvalue weighted by Gasteiger charge is -1.83. The summed E-state index contributed by atoms with van der Waals surface area (Å²) in [7, 11) is 0. The Hall–Kier alpha value is -1.88. The van der Waals surface area contributed by atoms with E-state index >= 15 is 0 Å². The number of nitrogens with two attached hydrogens (primary N) is 1. The van der Waals surface area contributed by atoms with E-state index in [0.29, 0.717) is 5.13 Å². The molecule has 0 aliphatic heterocycles. The summed E-state index contributed by atoms with van der Waals surface area (Å²) in [6.45, 7) is 0. The van der Waals surface area contributed by atoms with Crippen LogP contribution in [-0.2, 0) is 0 Å². The van der Waals surface area contributed by atoms with Crippen LogP contribution in [0.25, 0.3) is 10.9 Å². The summed E-state index contributed by atoms with van der Waals surface area (Å²) in [4.78, 5) is 6.72. The molecule has 5 heteroatoms. The molecule has 0 amide bonds. The Kier molecular flexibility index (Phi) is 2.94. The van der Waals surface area contributed by atoms with Crippen molar-refractivity contribution in [3.05, 3.63) is 42.9 Å². The monoisotopic (exact) mass is 218 g/mol. The summed E-state index contributed by atoms with van der Waals surface area (Å²) in [5, 5.41) is 1.80. The molecule has 3 N–H and O–H groups in total. The topological polar surface area (TPSA) is 67.6 Å². The van der Waals surface area contributed by atoms with Crippen LogP contribution in [-0.4, -0.2) is 14.3 Å². The van der Waals surface area contributed by atoms with E-state index in [1.54, 1.807) is 0 Å². The lowest BCUT2D eigenvalue weighted by molar-refractivity contribution is 1.34. The fraction of sp³-hybridized carbons (Fsp3) is 0. The minimum Gasteiger partial charge on any atom is -0.374 e. The molecule has 2 aromatic heterocycles. The van der Waals surface area contributed by atoms with Gasteiger partial charge in [0.25, 0.3) is 0 Å². The second-order valence-electron chi connectivity index (χ2n) is 2.84. The van der Waals surface area contributed by atoms with Crippen molar-refractivity contribution in [3.63, 3.8) is 0 Å². The normalized spacial score (nSPS) is 9.60. The average Bonchev–Trinajstić information content (AvgIpc) is 2.88. The third-order valence-electron chi connectivity index (χ3n) is 1.84. The zero-order valence-corrected chi connectivity index (χ0v) is 8.74. The summed E-state index contributed by atoms with van der Waals surface area (Å²) in [6.07, 6.45) is 3.38. The van der Waals surface area contributed by atoms with Crippen molar-refractivity contribution in [2.45, 2.75) is 0 Å². The molecule has 0 aliphatic rings. The van der Waals surface area contributed by atoms with Gasteiger partial charge in [-0.05, 0) is 17.5 Å². The van der Waals surface area contributed by atoms with Gasteiger partial charge in [-0.1, -0.05) is 18.2 Å². The highest BCUT2D eigenvalue weighted by Gasteiger charge is 1.86. The number of rotatable bonds is 0. The zero-order chi connectivity index (χ0) is 10.5. The summed E-state index contributed by atoms with van der Waals surface area (Å²) in [5.74, 6) is 0. The van der Waals surface area contributed by atoms with Crippen LogP contribution < -0.4 is 5.73 Å². The van der Waals surface area contributed by atoms with E-state index < -0.39 is 0 Å². The molecule has 0 radical (unpaired) electrons. The molecule has 76 valence electrons. The van der Waals surface area contributed by atoms with Crippen LogP contribution in [0.2, 0.25) is 0 Å². The molecule has 0 saturated carbocycles. The van der Waals surface area contributed by atoms with Crippen LogP contribution in [0.3, 0.4) is 0 Å². The molecule has 0 saturated heterocycles. The second kappa shape index (κ2) is 4.56. The summed E-state index contributed by atoms with van der Waals surface area (Å²) >= 11 is 1.19. The van der Waals surface area contributed by atoms with Gasteiger partial charge in [-0.3, -0.25) is 0 Å². The van der Waals surface area contributed by atoms with Crippen LogP contribution in [0.15, 0.2) is 42.9 Å². The van der Waals surface area contributed by atoms with Gasteiger partial charge >= 0.3 is 0 Å². The molecular formula is C10H10N4S. The third-order valence-corrected chi connectivity index (χ3v) is 2.33. The number of fused-ring (bicyclic) bond motifs is 1. The van der Waals surface area contributed by atoms with Crippen molar-refractivity contribution in [1.29, 1.82) is 0 Å². The highest BCUT2D eigenvalue weighted by atomic mass is 32.1. The van der Waals surface area contributed by atoms with Crippen LogP contribution in [0.4, 0.5) is 5.13 Å². The number of anilines is 1. The van der Waals surface area contributed by atoms with Gasteiger partial charge in [0.2, 0.25) is 0 Å². The van der Waals surface area contributed by atoms with Crippen LogP contribution in [0, 0.1) is 0 Å². The first-order valence-electron chi connectivity index (χ1n) is 4.40. The van der Waals surface area contributed by atoms with Crippen molar-refractivity contribution in [2.24, 2.45) is 0 Å². The van der Waals surface area contributed by atoms with Crippen molar-refractivity contribution in [3.8, 4) is 0 Å². The molecule has 3 rings (SSSR count). The second-order valence-corrected chi connectivity index (χ2v) is 3.66. The van der Waals surface area contributed by atoms with Gasteiger partial charge < -0.3 is 10.7 Å². The summed E-state index contributed by atoms with van der Waals surface area (Å²) < 4.78 is 3.63. The number of benzene rings is 1. The van der Waals surface area contributed by atoms with E-state index in [2.05, 4.69) is 32.5 Å². The Morgan fingerprint density at radius 3 is 2.67 bits per heavy atom. The largest absolute Gasteiger partial charge is 0.374 e. The van der Waals surface area contributed by atoms with Crippen molar-refractivity contribution in [1.82, 2.24) is 14.3 Å². The maximum atomic E-state index is 5.12. The molecule has 15 heavy (non-hydrogen) atoms. The predicted molar refractivity (Wildman–Crippen MR) is 62.6 cm³/mol. The SMILES string of the molecule is Nc1ncns1.c1ccc2[nH]ccc2c1. The molecule has 0 fully saturated rings. The first-order valence-corrected chi connectivity index (χ1v) is 5.18. The van der Waals surface area contributed by atoms with E-state index in [4.69, 9.17) is 5.73 Å². The molecule has 0 spiro atoms. The highest BCUT2D eigenvalue weighted by Crippen LogP contribution is 2.09. The molecule has 2 heterocycles. The fourth-order valence-corrected chi connectivity index (χ4v) is 1.47. The number of hydrogen-bond donors (Lipinski definition) is 2. The number of aromatic nitrogens is 3. The molecular weight excluding hydrogens is 208 g/mol. The molecule has 0 unspecified atom stereocenters. The predicted octanol–water partition coefficient (Wildman–Crippen LogP) is 2.29. The molecule has 0 aliphatic carbocycles. The van der Waals surface area contributed by atoms with E-state index in [-0.39, 0.29) is 0 Å². The van der Waals surface area contributed by atoms with Gasteiger partial charge in [0.15, 0.2) is 5.13 Å². The van der Waals surface area contributed by atoms with Crippen molar-refractivity contribution < 1.29 is 0 Å². The number of nitrogen functional groups attached to an aromatic ring is 1. The van der Waals surface area contributed by atoms with Gasteiger partial charge in [0.1, 0.15) is 6.33 Å². The van der Waals surface area contributed by atoms with E-state index in [9.17, 15) is 0 Å². The Bertz CT molecular complexity index is 485. The van der Waals surface area contributed by atoms with Gasteiger partial charge in [0.05, 0.1) is 0 Å². The Morgan fingerprint density at radius 1 is 1.20 bits per heavy atom. The Labute approximate surface area is 90.9 Å². The maximum Gasteiger partial charge on any atom is 0.199 e. The first kappa shape index (κ1) is 9.67. The zero-order valence-electron chi connectivity index (χ0n) is 7.92. The number of H-pyrrole nitrogens is 1. The quantitative estimate of drug-likeness (QED) is 0.608. The van der Waals surface area contributed by atoms with Crippen LogP contribution in [0.5, 0.6) is 0 Å². The molecule has 0 atom stereocenters. The Morgan fingerprint density at radius 2 is 2.07 bits per heavy atom. The van der Waals surface area contributed by atoms with Crippen LogP contribution in [0.1, 0.15) is 0 Å². The van der Waals surface area contributed by atoms with E-state index in [1.165, 1.54) is 28.8 Å².